The largest absolute Gasteiger partial charge is 0.375 e. The molecular weight excluding hydrogens is 348 g/mol. The van der Waals surface area contributed by atoms with E-state index in [4.69, 9.17) is 0 Å². The number of nitrogens with zero attached hydrogens (tertiary/aromatic N) is 3. The first-order valence-corrected chi connectivity index (χ1v) is 9.95. The highest BCUT2D eigenvalue weighted by atomic mass is 32.2. The molecular formula is C19H24N4O2S. The van der Waals surface area contributed by atoms with Crippen molar-refractivity contribution in [1.82, 2.24) is 4.98 Å². The van der Waals surface area contributed by atoms with Crippen molar-refractivity contribution in [2.75, 3.05) is 11.9 Å². The Morgan fingerprint density at radius 1 is 1.35 bits per heavy atom. The van der Waals surface area contributed by atoms with E-state index >= 15 is 0 Å². The van der Waals surface area contributed by atoms with E-state index in [1.54, 1.807) is 17.8 Å². The van der Waals surface area contributed by atoms with Gasteiger partial charge in [0.15, 0.2) is 0 Å². The van der Waals surface area contributed by atoms with Gasteiger partial charge < -0.3 is 5.32 Å². The zero-order valence-electron chi connectivity index (χ0n) is 15.3. The fraction of sp³-hybridized carbons (Fsp3) is 0.474. The van der Waals surface area contributed by atoms with Gasteiger partial charge in [-0.3, -0.25) is 20.1 Å². The normalized spacial score (nSPS) is 23.3. The molecule has 1 aromatic heterocycles. The molecule has 7 heteroatoms. The number of aliphatic imine (C=N–C) groups is 1. The predicted molar refractivity (Wildman–Crippen MR) is 108 cm³/mol. The third-order valence-electron chi connectivity index (χ3n) is 4.45. The van der Waals surface area contributed by atoms with E-state index in [9.17, 15) is 10.1 Å². The lowest BCUT2D eigenvalue weighted by atomic mass is 10.00. The Morgan fingerprint density at radius 2 is 2.12 bits per heavy atom. The lowest BCUT2D eigenvalue weighted by Crippen LogP contribution is -2.13. The average molecular weight is 372 g/mol. The van der Waals surface area contributed by atoms with Crippen molar-refractivity contribution in [3.8, 4) is 0 Å². The van der Waals surface area contributed by atoms with E-state index in [2.05, 4.69) is 27.4 Å². The van der Waals surface area contributed by atoms with Crippen LogP contribution in [0, 0.1) is 28.9 Å². The molecule has 0 saturated heterocycles. The van der Waals surface area contributed by atoms with Crippen LogP contribution in [0.15, 0.2) is 39.9 Å². The van der Waals surface area contributed by atoms with Gasteiger partial charge in [0.25, 0.3) is 0 Å². The van der Waals surface area contributed by atoms with E-state index in [0.717, 1.165) is 11.6 Å². The Balaban J connectivity index is 0.000000948. The van der Waals surface area contributed by atoms with E-state index < -0.39 is 4.92 Å². The van der Waals surface area contributed by atoms with Crippen LogP contribution in [0.5, 0.6) is 0 Å². The molecule has 4 rings (SSSR count). The Hall–Kier alpha value is -2.15. The van der Waals surface area contributed by atoms with Crippen molar-refractivity contribution in [1.29, 1.82) is 0 Å². The summed E-state index contributed by atoms with van der Waals surface area (Å²) < 4.78 is 0. The van der Waals surface area contributed by atoms with Gasteiger partial charge in [-0.15, -0.1) is 11.8 Å². The molecule has 1 saturated carbocycles. The molecule has 6 nitrogen and oxygen atoms in total. The fourth-order valence-electron chi connectivity index (χ4n) is 3.04. The summed E-state index contributed by atoms with van der Waals surface area (Å²) in [4.78, 5) is 20.6. The van der Waals surface area contributed by atoms with Crippen LogP contribution in [0.2, 0.25) is 0 Å². The number of hydrogen-bond donors (Lipinski definition) is 1. The molecule has 0 aromatic carbocycles. The number of rotatable bonds is 5. The number of pyridine rings is 1. The number of hydrogen-bond acceptors (Lipinski definition) is 6. The summed E-state index contributed by atoms with van der Waals surface area (Å²) in [6, 6.07) is 1.72. The number of allylic oxidation sites excluding steroid dienone is 1. The highest BCUT2D eigenvalue weighted by Gasteiger charge is 2.33. The SMILES string of the molecule is CC.Cc1cc(NCC2=CC3C=C(C4CC4)C=NC3S2)c([N+](=O)[O-])cn1. The van der Waals surface area contributed by atoms with Crippen molar-refractivity contribution in [3.05, 3.63) is 50.7 Å². The summed E-state index contributed by atoms with van der Waals surface area (Å²) in [5.74, 6) is 1.07. The molecule has 2 aliphatic heterocycles. The molecule has 2 atom stereocenters. The van der Waals surface area contributed by atoms with Crippen molar-refractivity contribution >= 4 is 29.4 Å². The van der Waals surface area contributed by atoms with Gasteiger partial charge >= 0.3 is 5.69 Å². The average Bonchev–Trinajstić information content (AvgIpc) is 3.41. The summed E-state index contributed by atoms with van der Waals surface area (Å²) in [5, 5.41) is 14.5. The highest BCUT2D eigenvalue weighted by Crippen LogP contribution is 2.44. The smallest absolute Gasteiger partial charge is 0.310 e. The second-order valence-electron chi connectivity index (χ2n) is 6.39. The maximum absolute atomic E-state index is 11.1. The molecule has 0 radical (unpaired) electrons. The molecule has 26 heavy (non-hydrogen) atoms. The van der Waals surface area contributed by atoms with Gasteiger partial charge in [0.05, 0.1) is 4.92 Å². The standard InChI is InChI=1S/C17H18N4O2S.C2H6/c1-10-4-15(16(9-18-10)21(22)23)19-8-14-6-12-5-13(11-2-3-11)7-20-17(12)24-14;1-2/h4-7,9,11-12,17H,2-3,8H2,1H3,(H,18,19);1-2H3. The summed E-state index contributed by atoms with van der Waals surface area (Å²) in [6.07, 6.45) is 10.5. The van der Waals surface area contributed by atoms with Gasteiger partial charge in [-0.05, 0) is 37.3 Å². The van der Waals surface area contributed by atoms with E-state index in [1.807, 2.05) is 27.0 Å². The van der Waals surface area contributed by atoms with Crippen LogP contribution in [0.4, 0.5) is 11.4 Å². The Bertz CT molecular complexity index is 784. The first kappa shape index (κ1) is 18.6. The zero-order chi connectivity index (χ0) is 18.7. The van der Waals surface area contributed by atoms with E-state index in [-0.39, 0.29) is 11.1 Å². The van der Waals surface area contributed by atoms with Crippen LogP contribution in [-0.4, -0.2) is 28.0 Å². The fourth-order valence-corrected chi connectivity index (χ4v) is 4.17. The van der Waals surface area contributed by atoms with Gasteiger partial charge in [-0.1, -0.05) is 26.0 Å². The molecule has 1 N–H and O–H groups in total. The van der Waals surface area contributed by atoms with Crippen LogP contribution >= 0.6 is 11.8 Å². The molecule has 1 fully saturated rings. The number of dihydropyridines is 1. The summed E-state index contributed by atoms with van der Waals surface area (Å²) in [6.45, 7) is 6.40. The highest BCUT2D eigenvalue weighted by molar-refractivity contribution is 8.04. The first-order valence-electron chi connectivity index (χ1n) is 9.07. The molecule has 0 amide bonds. The van der Waals surface area contributed by atoms with E-state index in [1.165, 1.54) is 29.5 Å². The van der Waals surface area contributed by atoms with Gasteiger partial charge in [-0.2, -0.15) is 0 Å². The van der Waals surface area contributed by atoms with Crippen LogP contribution in [-0.2, 0) is 0 Å². The molecule has 0 bridgehead atoms. The van der Waals surface area contributed by atoms with Crippen LogP contribution in [0.25, 0.3) is 0 Å². The topological polar surface area (TPSA) is 80.4 Å². The quantitative estimate of drug-likeness (QED) is 0.597. The maximum atomic E-state index is 11.1. The van der Waals surface area contributed by atoms with Gasteiger partial charge in [0.2, 0.25) is 0 Å². The number of nitro groups is 1. The predicted octanol–water partition coefficient (Wildman–Crippen LogP) is 4.73. The van der Waals surface area contributed by atoms with Crippen molar-refractivity contribution < 1.29 is 4.92 Å². The Morgan fingerprint density at radius 3 is 2.81 bits per heavy atom. The Kier molecular flexibility index (Phi) is 5.76. The third-order valence-corrected chi connectivity index (χ3v) is 5.71. The van der Waals surface area contributed by atoms with Crippen molar-refractivity contribution in [3.63, 3.8) is 0 Å². The molecule has 1 aliphatic carbocycles. The first-order chi connectivity index (χ1) is 12.6. The third kappa shape index (κ3) is 4.15. The Labute approximate surface area is 158 Å². The summed E-state index contributed by atoms with van der Waals surface area (Å²) in [5.41, 5.74) is 2.66. The van der Waals surface area contributed by atoms with Gasteiger partial charge in [0.1, 0.15) is 17.3 Å². The number of nitrogens with one attached hydrogen (secondary N) is 1. The number of aryl methyl sites for hydroxylation is 1. The second kappa shape index (κ2) is 8.03. The molecule has 1 aromatic rings. The minimum Gasteiger partial charge on any atom is -0.375 e. The second-order valence-corrected chi connectivity index (χ2v) is 7.63. The number of aromatic nitrogens is 1. The molecule has 3 aliphatic rings. The van der Waals surface area contributed by atoms with Crippen molar-refractivity contribution in [2.24, 2.45) is 16.8 Å². The summed E-state index contributed by atoms with van der Waals surface area (Å²) >= 11 is 1.74. The summed E-state index contributed by atoms with van der Waals surface area (Å²) in [7, 11) is 0. The molecule has 138 valence electrons. The monoisotopic (exact) mass is 372 g/mol. The van der Waals surface area contributed by atoms with Crippen LogP contribution in [0.3, 0.4) is 0 Å². The van der Waals surface area contributed by atoms with Gasteiger partial charge in [0, 0.05) is 29.3 Å². The lowest BCUT2D eigenvalue weighted by molar-refractivity contribution is -0.384. The lowest BCUT2D eigenvalue weighted by Gasteiger charge is -2.17. The zero-order valence-corrected chi connectivity index (χ0v) is 16.1. The minimum atomic E-state index is -0.403. The van der Waals surface area contributed by atoms with Crippen molar-refractivity contribution in [2.45, 2.75) is 39.0 Å². The number of fused-ring (bicyclic) bond motifs is 1. The number of anilines is 1. The molecule has 0 spiro atoms. The molecule has 2 unspecified atom stereocenters. The minimum absolute atomic E-state index is 0.00977. The van der Waals surface area contributed by atoms with Gasteiger partial charge in [-0.25, -0.2) is 0 Å². The van der Waals surface area contributed by atoms with Crippen LogP contribution in [0.1, 0.15) is 32.4 Å². The number of thioether (sulfide) groups is 1. The van der Waals surface area contributed by atoms with E-state index in [0.29, 0.717) is 18.2 Å². The maximum Gasteiger partial charge on any atom is 0.310 e. The van der Waals surface area contributed by atoms with Crippen LogP contribution < -0.4 is 5.32 Å². The molecule has 3 heterocycles.